The van der Waals surface area contributed by atoms with E-state index in [0.717, 1.165) is 31.2 Å². The van der Waals surface area contributed by atoms with Crippen LogP contribution in [0.2, 0.25) is 12.1 Å². The Bertz CT molecular complexity index is 106. The number of hydrogen-bond donors (Lipinski definition) is 0. The van der Waals surface area contributed by atoms with Gasteiger partial charge in [-0.25, -0.2) is 0 Å². The number of halogens is 2. The summed E-state index contributed by atoms with van der Waals surface area (Å²) in [5.41, 5.74) is 0. The monoisotopic (exact) mass is 255 g/mol. The van der Waals surface area contributed by atoms with Crippen LogP contribution >= 0.6 is 23.2 Å². The van der Waals surface area contributed by atoms with E-state index in [2.05, 4.69) is 6.92 Å². The molecule has 1 nitrogen and oxygen atoms in total. The highest BCUT2D eigenvalue weighted by atomic mass is 35.5. The summed E-state index contributed by atoms with van der Waals surface area (Å²) in [7, 11) is -0.611. The summed E-state index contributed by atoms with van der Waals surface area (Å²) in [6.07, 6.45) is 4.56. The molecule has 0 aromatic rings. The van der Waals surface area contributed by atoms with Gasteiger partial charge in [-0.05, 0) is 31.4 Å². The van der Waals surface area contributed by atoms with Crippen LogP contribution < -0.4 is 0 Å². The summed E-state index contributed by atoms with van der Waals surface area (Å²) in [4.78, 5) is 0. The van der Waals surface area contributed by atoms with Gasteiger partial charge >= 0.3 is 0 Å². The first kappa shape index (κ1) is 14.8. The minimum atomic E-state index is -0.611. The first-order valence-corrected chi connectivity index (χ1v) is 8.33. The highest BCUT2D eigenvalue weighted by molar-refractivity contribution is 6.51. The second kappa shape index (κ2) is 11.8. The summed E-state index contributed by atoms with van der Waals surface area (Å²) in [5, 5.41) is 0. The zero-order valence-corrected chi connectivity index (χ0v) is 11.5. The molecule has 0 aliphatic rings. The zero-order valence-electron chi connectivity index (χ0n) is 9.03. The molecule has 0 N–H and O–H groups in total. The van der Waals surface area contributed by atoms with Crippen LogP contribution in [0.5, 0.6) is 0 Å². The van der Waals surface area contributed by atoms with Crippen molar-refractivity contribution < 1.29 is 4.43 Å². The topological polar surface area (TPSA) is 9.23 Å². The van der Waals surface area contributed by atoms with Crippen LogP contribution in [0.1, 0.15) is 32.6 Å². The van der Waals surface area contributed by atoms with Crippen LogP contribution in [-0.4, -0.2) is 27.4 Å². The van der Waals surface area contributed by atoms with E-state index in [1.54, 1.807) is 0 Å². The van der Waals surface area contributed by atoms with Gasteiger partial charge in [-0.2, -0.15) is 0 Å². The van der Waals surface area contributed by atoms with Crippen molar-refractivity contribution in [2.45, 2.75) is 44.7 Å². The summed E-state index contributed by atoms with van der Waals surface area (Å²) < 4.78 is 5.87. The minimum absolute atomic E-state index is 0.611. The van der Waals surface area contributed by atoms with E-state index in [4.69, 9.17) is 27.6 Å². The molecule has 0 saturated heterocycles. The maximum atomic E-state index is 5.87. The summed E-state index contributed by atoms with van der Waals surface area (Å²) in [5.74, 6) is 1.51. The van der Waals surface area contributed by atoms with Crippen molar-refractivity contribution in [3.63, 3.8) is 0 Å². The third kappa shape index (κ3) is 9.32. The number of unbranched alkanes of at least 4 members (excludes halogenated alkanes) is 1. The Kier molecular flexibility index (Phi) is 12.5. The number of hydrogen-bond acceptors (Lipinski definition) is 1. The Morgan fingerprint density at radius 2 is 1.57 bits per heavy atom. The van der Waals surface area contributed by atoms with Crippen LogP contribution in [0.3, 0.4) is 0 Å². The fourth-order valence-electron chi connectivity index (χ4n) is 1.16. The summed E-state index contributed by atoms with van der Waals surface area (Å²) in [6, 6.07) is 2.35. The minimum Gasteiger partial charge on any atom is -0.417 e. The van der Waals surface area contributed by atoms with Gasteiger partial charge < -0.3 is 4.43 Å². The highest BCUT2D eigenvalue weighted by Gasteiger charge is 2.11. The van der Waals surface area contributed by atoms with E-state index in [1.165, 1.54) is 24.9 Å². The Labute approximate surface area is 99.8 Å². The van der Waals surface area contributed by atoms with E-state index in [9.17, 15) is 0 Å². The lowest BCUT2D eigenvalue weighted by molar-refractivity contribution is 0.308. The maximum absolute atomic E-state index is 5.87. The molecular weight excluding hydrogens is 235 g/mol. The van der Waals surface area contributed by atoms with Crippen LogP contribution in [0, 0.1) is 0 Å². The molecule has 0 aliphatic carbocycles. The largest absolute Gasteiger partial charge is 0.417 e. The van der Waals surface area contributed by atoms with Gasteiger partial charge in [0.05, 0.1) is 0 Å². The Morgan fingerprint density at radius 1 is 1.00 bits per heavy atom. The van der Waals surface area contributed by atoms with Gasteiger partial charge in [0, 0.05) is 18.4 Å². The third-order valence-corrected chi connectivity index (χ3v) is 4.95. The standard InChI is InChI=1S/C10H21Cl2OSi/c1-2-3-8-13-14(9-4-6-11)10-5-7-12/h2-10H2,1H3. The SMILES string of the molecule is CCCCO[Si](CCCCl)CCCCl. The Morgan fingerprint density at radius 3 is 2.00 bits per heavy atom. The van der Waals surface area contributed by atoms with Crippen molar-refractivity contribution in [2.24, 2.45) is 0 Å². The van der Waals surface area contributed by atoms with Crippen molar-refractivity contribution in [3.05, 3.63) is 0 Å². The molecule has 4 heteroatoms. The van der Waals surface area contributed by atoms with Gasteiger partial charge in [-0.15, -0.1) is 23.2 Å². The zero-order chi connectivity index (χ0) is 10.6. The smallest absolute Gasteiger partial charge is 0.211 e. The molecule has 0 saturated carbocycles. The Hall–Kier alpha value is 0.757. The van der Waals surface area contributed by atoms with Crippen molar-refractivity contribution >= 4 is 32.2 Å². The molecule has 0 spiro atoms. The van der Waals surface area contributed by atoms with Crippen molar-refractivity contribution in [1.29, 1.82) is 0 Å². The van der Waals surface area contributed by atoms with Gasteiger partial charge in [0.2, 0.25) is 9.04 Å². The van der Waals surface area contributed by atoms with E-state index < -0.39 is 9.04 Å². The lowest BCUT2D eigenvalue weighted by atomic mass is 10.4. The van der Waals surface area contributed by atoms with Crippen molar-refractivity contribution in [2.75, 3.05) is 18.4 Å². The highest BCUT2D eigenvalue weighted by Crippen LogP contribution is 2.10. The van der Waals surface area contributed by atoms with E-state index in [0.29, 0.717) is 0 Å². The molecule has 85 valence electrons. The lowest BCUT2D eigenvalue weighted by Crippen LogP contribution is -2.18. The number of rotatable bonds is 10. The quantitative estimate of drug-likeness (QED) is 0.325. The predicted octanol–water partition coefficient (Wildman–Crippen LogP) is 4.05. The summed E-state index contributed by atoms with van der Waals surface area (Å²) >= 11 is 11.4. The molecule has 0 aromatic heterocycles. The fourth-order valence-corrected chi connectivity index (χ4v) is 3.99. The Balaban J connectivity index is 3.49. The fraction of sp³-hybridized carbons (Fsp3) is 1.00. The molecule has 0 aliphatic heterocycles. The predicted molar refractivity (Wildman–Crippen MR) is 66.9 cm³/mol. The number of alkyl halides is 2. The van der Waals surface area contributed by atoms with Crippen LogP contribution in [0.25, 0.3) is 0 Å². The van der Waals surface area contributed by atoms with Crippen molar-refractivity contribution in [3.8, 4) is 0 Å². The molecule has 0 atom stereocenters. The molecule has 0 heterocycles. The molecule has 0 amide bonds. The molecule has 0 fully saturated rings. The van der Waals surface area contributed by atoms with E-state index in [-0.39, 0.29) is 0 Å². The third-order valence-electron chi connectivity index (χ3n) is 1.98. The first-order chi connectivity index (χ1) is 6.85. The molecule has 14 heavy (non-hydrogen) atoms. The first-order valence-electron chi connectivity index (χ1n) is 5.44. The normalized spacial score (nSPS) is 11.1. The molecule has 0 bridgehead atoms. The molecule has 1 radical (unpaired) electrons. The second-order valence-corrected chi connectivity index (χ2v) is 6.45. The van der Waals surface area contributed by atoms with Gasteiger partial charge in [-0.3, -0.25) is 0 Å². The van der Waals surface area contributed by atoms with E-state index >= 15 is 0 Å². The molecular formula is C10H21Cl2OSi. The van der Waals surface area contributed by atoms with Gasteiger partial charge in [-0.1, -0.05) is 13.3 Å². The van der Waals surface area contributed by atoms with Gasteiger partial charge in [0.15, 0.2) is 0 Å². The average Bonchev–Trinajstić information content (AvgIpc) is 2.21. The maximum Gasteiger partial charge on any atom is 0.211 e. The van der Waals surface area contributed by atoms with Crippen LogP contribution in [0.15, 0.2) is 0 Å². The summed E-state index contributed by atoms with van der Waals surface area (Å²) in [6.45, 7) is 3.11. The second-order valence-electron chi connectivity index (χ2n) is 3.33. The molecule has 0 aromatic carbocycles. The lowest BCUT2D eigenvalue weighted by Gasteiger charge is -2.14. The van der Waals surface area contributed by atoms with E-state index in [1.807, 2.05) is 0 Å². The van der Waals surface area contributed by atoms with Crippen LogP contribution in [-0.2, 0) is 4.43 Å². The van der Waals surface area contributed by atoms with Gasteiger partial charge in [0.25, 0.3) is 0 Å². The van der Waals surface area contributed by atoms with Crippen molar-refractivity contribution in [1.82, 2.24) is 0 Å². The molecule has 0 rings (SSSR count). The molecule has 0 unspecified atom stereocenters. The van der Waals surface area contributed by atoms with Gasteiger partial charge in [0.1, 0.15) is 0 Å². The van der Waals surface area contributed by atoms with Crippen LogP contribution in [0.4, 0.5) is 0 Å². The average molecular weight is 256 g/mol.